The quantitative estimate of drug-likeness (QED) is 0.756. The monoisotopic (exact) mass is 309 g/mol. The first-order chi connectivity index (χ1) is 9.70. The summed E-state index contributed by atoms with van der Waals surface area (Å²) in [4.78, 5) is 13.5. The lowest BCUT2D eigenvalue weighted by molar-refractivity contribution is -0.139. The van der Waals surface area contributed by atoms with Crippen molar-refractivity contribution in [3.05, 3.63) is 0 Å². The molecule has 0 aromatic heterocycles. The number of rotatable bonds is 7. The Morgan fingerprint density at radius 3 is 2.67 bits per heavy atom. The molecule has 0 saturated heterocycles. The lowest BCUT2D eigenvalue weighted by Gasteiger charge is -2.42. The molecule has 1 fully saturated rings. The van der Waals surface area contributed by atoms with Gasteiger partial charge in [-0.15, -0.1) is 0 Å². The van der Waals surface area contributed by atoms with Crippen molar-refractivity contribution in [2.24, 2.45) is 5.73 Å². The van der Waals surface area contributed by atoms with Gasteiger partial charge in [0.1, 0.15) is 0 Å². The van der Waals surface area contributed by atoms with E-state index >= 15 is 0 Å². The van der Waals surface area contributed by atoms with Gasteiger partial charge in [-0.25, -0.2) is 0 Å². The molecule has 0 heterocycles. The second kappa shape index (κ2) is 7.45. The third kappa shape index (κ3) is 5.47. The van der Waals surface area contributed by atoms with Gasteiger partial charge in [0.25, 0.3) is 0 Å². The summed E-state index contributed by atoms with van der Waals surface area (Å²) in [6.45, 7) is 2.64. The standard InChI is InChI=1S/C14H26F3N3O/c1-3-8-19-13(12(18)21)6-4-5-11(10-13)20(2)9-7-14(15,16)17/h11,19H,3-10H2,1-2H3,(H2,18,21). The van der Waals surface area contributed by atoms with E-state index in [2.05, 4.69) is 5.32 Å². The largest absolute Gasteiger partial charge is 0.390 e. The smallest absolute Gasteiger partial charge is 0.368 e. The van der Waals surface area contributed by atoms with Gasteiger partial charge in [0.2, 0.25) is 5.91 Å². The van der Waals surface area contributed by atoms with Crippen LogP contribution in [0.2, 0.25) is 0 Å². The molecule has 4 nitrogen and oxygen atoms in total. The van der Waals surface area contributed by atoms with Gasteiger partial charge in [0, 0.05) is 12.6 Å². The maximum atomic E-state index is 12.3. The Balaban J connectivity index is 2.66. The fraction of sp³-hybridized carbons (Fsp3) is 0.929. The highest BCUT2D eigenvalue weighted by Crippen LogP contribution is 2.31. The van der Waals surface area contributed by atoms with Crippen LogP contribution in [0.5, 0.6) is 0 Å². The van der Waals surface area contributed by atoms with Gasteiger partial charge in [-0.1, -0.05) is 6.92 Å². The Hall–Kier alpha value is -0.820. The molecule has 1 aliphatic carbocycles. The molecule has 3 N–H and O–H groups in total. The van der Waals surface area contributed by atoms with Gasteiger partial charge in [-0.3, -0.25) is 4.79 Å². The van der Waals surface area contributed by atoms with E-state index in [1.54, 1.807) is 11.9 Å². The lowest BCUT2D eigenvalue weighted by atomic mass is 9.77. The highest BCUT2D eigenvalue weighted by molar-refractivity contribution is 5.84. The van der Waals surface area contributed by atoms with Crippen LogP contribution in [0.1, 0.15) is 45.4 Å². The molecule has 1 saturated carbocycles. The van der Waals surface area contributed by atoms with Crippen molar-refractivity contribution in [3.63, 3.8) is 0 Å². The molecule has 21 heavy (non-hydrogen) atoms. The van der Waals surface area contributed by atoms with E-state index in [1.165, 1.54) is 0 Å². The van der Waals surface area contributed by atoms with E-state index in [0.717, 1.165) is 19.3 Å². The Bertz CT molecular complexity index is 349. The number of amides is 1. The molecule has 7 heteroatoms. The number of hydrogen-bond donors (Lipinski definition) is 2. The Labute approximate surface area is 124 Å². The zero-order valence-corrected chi connectivity index (χ0v) is 12.8. The highest BCUT2D eigenvalue weighted by atomic mass is 19.4. The maximum Gasteiger partial charge on any atom is 0.390 e. The summed E-state index contributed by atoms with van der Waals surface area (Å²) >= 11 is 0. The molecule has 0 aromatic carbocycles. The molecule has 1 aliphatic rings. The number of nitrogens with one attached hydrogen (secondary N) is 1. The highest BCUT2D eigenvalue weighted by Gasteiger charge is 2.42. The summed E-state index contributed by atoms with van der Waals surface area (Å²) in [5.41, 5.74) is 4.78. The van der Waals surface area contributed by atoms with E-state index in [9.17, 15) is 18.0 Å². The molecule has 0 radical (unpaired) electrons. The van der Waals surface area contributed by atoms with Crippen LogP contribution in [0.15, 0.2) is 0 Å². The molecule has 124 valence electrons. The lowest BCUT2D eigenvalue weighted by Crippen LogP contribution is -2.60. The van der Waals surface area contributed by atoms with Gasteiger partial charge in [-0.05, 0) is 45.7 Å². The van der Waals surface area contributed by atoms with Crippen molar-refractivity contribution in [2.45, 2.75) is 63.2 Å². The van der Waals surface area contributed by atoms with Crippen LogP contribution in [0.4, 0.5) is 13.2 Å². The van der Waals surface area contributed by atoms with Crippen LogP contribution >= 0.6 is 0 Å². The Kier molecular flexibility index (Phi) is 6.46. The number of carbonyl (C=O) groups is 1. The van der Waals surface area contributed by atoms with Gasteiger partial charge in [0.05, 0.1) is 12.0 Å². The van der Waals surface area contributed by atoms with Gasteiger partial charge >= 0.3 is 6.18 Å². The fourth-order valence-corrected chi connectivity index (χ4v) is 2.94. The second-order valence-electron chi connectivity index (χ2n) is 5.97. The molecule has 1 rings (SSSR count). The molecule has 2 unspecified atom stereocenters. The minimum absolute atomic E-state index is 0.0436. The number of nitrogens with zero attached hydrogens (tertiary/aromatic N) is 1. The van der Waals surface area contributed by atoms with E-state index in [-0.39, 0.29) is 12.6 Å². The normalized spacial score (nSPS) is 27.0. The molecule has 0 bridgehead atoms. The number of halogens is 3. The molecule has 0 aliphatic heterocycles. The first kappa shape index (κ1) is 18.2. The minimum atomic E-state index is -4.15. The first-order valence-corrected chi connectivity index (χ1v) is 7.52. The molecular formula is C14H26F3N3O. The number of nitrogens with two attached hydrogens (primary N) is 1. The van der Waals surface area contributed by atoms with Crippen LogP contribution < -0.4 is 11.1 Å². The van der Waals surface area contributed by atoms with Crippen molar-refractivity contribution < 1.29 is 18.0 Å². The van der Waals surface area contributed by atoms with Crippen LogP contribution in [-0.4, -0.2) is 48.7 Å². The predicted octanol–water partition coefficient (Wildman–Crippen LogP) is 2.04. The maximum absolute atomic E-state index is 12.3. The van der Waals surface area contributed by atoms with Crippen molar-refractivity contribution in [1.29, 1.82) is 0 Å². The summed E-state index contributed by atoms with van der Waals surface area (Å²) in [5.74, 6) is -0.398. The van der Waals surface area contributed by atoms with Crippen LogP contribution in [-0.2, 0) is 4.79 Å². The minimum Gasteiger partial charge on any atom is -0.368 e. The van der Waals surface area contributed by atoms with Crippen LogP contribution in [0.3, 0.4) is 0 Å². The topological polar surface area (TPSA) is 58.4 Å². The number of alkyl halides is 3. The summed E-state index contributed by atoms with van der Waals surface area (Å²) in [7, 11) is 1.69. The third-order valence-corrected chi connectivity index (χ3v) is 4.28. The molecule has 2 atom stereocenters. The number of hydrogen-bond acceptors (Lipinski definition) is 3. The third-order valence-electron chi connectivity index (χ3n) is 4.28. The van der Waals surface area contributed by atoms with Crippen molar-refractivity contribution in [1.82, 2.24) is 10.2 Å². The SMILES string of the molecule is CCCNC1(C(N)=O)CCCC(N(C)CCC(F)(F)F)C1. The van der Waals surface area contributed by atoms with Gasteiger partial charge < -0.3 is 16.0 Å². The molecular weight excluding hydrogens is 283 g/mol. The van der Waals surface area contributed by atoms with E-state index < -0.39 is 24.0 Å². The van der Waals surface area contributed by atoms with Crippen LogP contribution in [0, 0.1) is 0 Å². The summed E-state index contributed by atoms with van der Waals surface area (Å²) < 4.78 is 37.0. The van der Waals surface area contributed by atoms with Crippen LogP contribution in [0.25, 0.3) is 0 Å². The zero-order chi connectivity index (χ0) is 16.1. The van der Waals surface area contributed by atoms with Gasteiger partial charge in [0.15, 0.2) is 0 Å². The molecule has 0 spiro atoms. The van der Waals surface area contributed by atoms with Crippen molar-refractivity contribution in [3.8, 4) is 0 Å². The summed E-state index contributed by atoms with van der Waals surface area (Å²) in [6.07, 6.45) is -1.36. The summed E-state index contributed by atoms with van der Waals surface area (Å²) in [5, 5.41) is 3.22. The van der Waals surface area contributed by atoms with Crippen molar-refractivity contribution in [2.75, 3.05) is 20.1 Å². The number of primary amides is 1. The summed E-state index contributed by atoms with van der Waals surface area (Å²) in [6, 6.07) is -0.0436. The molecule has 0 aromatic rings. The zero-order valence-electron chi connectivity index (χ0n) is 12.8. The van der Waals surface area contributed by atoms with E-state index in [0.29, 0.717) is 19.4 Å². The van der Waals surface area contributed by atoms with Crippen molar-refractivity contribution >= 4 is 5.91 Å². The second-order valence-corrected chi connectivity index (χ2v) is 5.97. The average molecular weight is 309 g/mol. The van der Waals surface area contributed by atoms with E-state index in [1.807, 2.05) is 6.92 Å². The predicted molar refractivity (Wildman–Crippen MR) is 75.8 cm³/mol. The average Bonchev–Trinajstić information content (AvgIpc) is 2.41. The first-order valence-electron chi connectivity index (χ1n) is 7.52. The Morgan fingerprint density at radius 2 is 2.14 bits per heavy atom. The number of carbonyl (C=O) groups excluding carboxylic acids is 1. The Morgan fingerprint density at radius 1 is 1.48 bits per heavy atom. The van der Waals surface area contributed by atoms with Gasteiger partial charge in [-0.2, -0.15) is 13.2 Å². The fourth-order valence-electron chi connectivity index (χ4n) is 2.94. The van der Waals surface area contributed by atoms with E-state index in [4.69, 9.17) is 5.73 Å². The molecule has 1 amide bonds.